The van der Waals surface area contributed by atoms with E-state index >= 15 is 0 Å². The maximum atomic E-state index is 13.4. The van der Waals surface area contributed by atoms with E-state index in [0.717, 1.165) is 35.3 Å². The van der Waals surface area contributed by atoms with Crippen LogP contribution in [0, 0.1) is 5.92 Å². The highest BCUT2D eigenvalue weighted by atomic mass is 16.6. The summed E-state index contributed by atoms with van der Waals surface area (Å²) in [6, 6.07) is 27.2. The molecule has 0 radical (unpaired) electrons. The molecule has 1 heterocycles. The van der Waals surface area contributed by atoms with Gasteiger partial charge in [-0.25, -0.2) is 4.79 Å². The van der Waals surface area contributed by atoms with Crippen molar-refractivity contribution in [2.24, 2.45) is 5.92 Å². The number of benzene rings is 3. The largest absolute Gasteiger partial charge is 0.444 e. The molecule has 2 atom stereocenters. The Hall–Kier alpha value is -3.60. The molecule has 0 N–H and O–H groups in total. The average molecular weight is 441 g/mol. The number of nitrogens with zero attached hydrogens (tertiary/aromatic N) is 2. The standard InChI is InChI=1S/C28H28N2O3/c1-20-18-26(30(27(31)22-16-17-22)23-12-6-3-7-13-23)24-14-8-9-15-25(24)29(20)28(32)33-19-21-10-4-2-5-11-21/h2-15,20,22,26H,16-19H2,1H3/t20-,26+/m0/s1. The van der Waals surface area contributed by atoms with Gasteiger partial charge in [-0.1, -0.05) is 66.7 Å². The van der Waals surface area contributed by atoms with E-state index in [0.29, 0.717) is 6.42 Å². The molecule has 1 saturated carbocycles. The summed E-state index contributed by atoms with van der Waals surface area (Å²) in [6.07, 6.45) is 2.18. The number of fused-ring (bicyclic) bond motifs is 1. The first-order valence-electron chi connectivity index (χ1n) is 11.6. The van der Waals surface area contributed by atoms with Crippen molar-refractivity contribution in [3.05, 3.63) is 96.1 Å². The van der Waals surface area contributed by atoms with Crippen LogP contribution in [0.2, 0.25) is 0 Å². The number of carbonyl (C=O) groups is 2. The van der Waals surface area contributed by atoms with Gasteiger partial charge in [0.2, 0.25) is 5.91 Å². The minimum atomic E-state index is -0.364. The molecule has 0 bridgehead atoms. The summed E-state index contributed by atoms with van der Waals surface area (Å²) in [6.45, 7) is 2.25. The van der Waals surface area contributed by atoms with Crippen molar-refractivity contribution in [3.63, 3.8) is 0 Å². The first-order valence-corrected chi connectivity index (χ1v) is 11.6. The molecule has 5 rings (SSSR count). The van der Waals surface area contributed by atoms with Gasteiger partial charge in [0, 0.05) is 17.6 Å². The predicted molar refractivity (Wildman–Crippen MR) is 129 cm³/mol. The molecular formula is C28H28N2O3. The molecule has 5 heteroatoms. The molecule has 168 valence electrons. The van der Waals surface area contributed by atoms with E-state index in [1.165, 1.54) is 0 Å². The Kier molecular flexibility index (Phi) is 5.86. The third-order valence-corrected chi connectivity index (χ3v) is 6.47. The third kappa shape index (κ3) is 4.36. The zero-order valence-electron chi connectivity index (χ0n) is 18.8. The van der Waals surface area contributed by atoms with Gasteiger partial charge in [0.05, 0.1) is 11.7 Å². The van der Waals surface area contributed by atoms with Gasteiger partial charge < -0.3 is 9.64 Å². The number of hydrogen-bond acceptors (Lipinski definition) is 3. The molecule has 1 aliphatic heterocycles. The molecule has 3 aromatic rings. The first-order chi connectivity index (χ1) is 16.1. The van der Waals surface area contributed by atoms with Crippen LogP contribution in [-0.2, 0) is 16.1 Å². The highest BCUT2D eigenvalue weighted by Gasteiger charge is 2.42. The van der Waals surface area contributed by atoms with Crippen LogP contribution in [0.15, 0.2) is 84.9 Å². The number of carbonyl (C=O) groups excluding carboxylic acids is 2. The van der Waals surface area contributed by atoms with Crippen molar-refractivity contribution in [3.8, 4) is 0 Å². The molecule has 5 nitrogen and oxygen atoms in total. The fourth-order valence-corrected chi connectivity index (χ4v) is 4.67. The minimum Gasteiger partial charge on any atom is -0.444 e. The van der Waals surface area contributed by atoms with E-state index in [-0.39, 0.29) is 36.6 Å². The zero-order valence-corrected chi connectivity index (χ0v) is 18.8. The van der Waals surface area contributed by atoms with Crippen LogP contribution in [0.4, 0.5) is 16.2 Å². The molecule has 2 aliphatic rings. The van der Waals surface area contributed by atoms with Crippen LogP contribution >= 0.6 is 0 Å². The van der Waals surface area contributed by atoms with Crippen LogP contribution in [0.5, 0.6) is 0 Å². The second-order valence-corrected chi connectivity index (χ2v) is 8.89. The Balaban J connectivity index is 1.46. The van der Waals surface area contributed by atoms with Crippen LogP contribution in [0.1, 0.15) is 43.4 Å². The number of rotatable bonds is 5. The second kappa shape index (κ2) is 9.10. The third-order valence-electron chi connectivity index (χ3n) is 6.47. The van der Waals surface area contributed by atoms with Crippen molar-refractivity contribution in [1.82, 2.24) is 0 Å². The van der Waals surface area contributed by atoms with Crippen LogP contribution in [0.25, 0.3) is 0 Å². The molecular weight excluding hydrogens is 412 g/mol. The zero-order chi connectivity index (χ0) is 22.8. The Morgan fingerprint density at radius 1 is 0.909 bits per heavy atom. The van der Waals surface area contributed by atoms with Gasteiger partial charge in [-0.2, -0.15) is 0 Å². The van der Waals surface area contributed by atoms with Crippen LogP contribution < -0.4 is 9.80 Å². The Morgan fingerprint density at radius 3 is 2.24 bits per heavy atom. The maximum Gasteiger partial charge on any atom is 0.414 e. The van der Waals surface area contributed by atoms with Crippen molar-refractivity contribution >= 4 is 23.4 Å². The number of hydrogen-bond donors (Lipinski definition) is 0. The average Bonchev–Trinajstić information content (AvgIpc) is 3.70. The molecule has 0 saturated heterocycles. The van der Waals surface area contributed by atoms with Crippen LogP contribution in [0.3, 0.4) is 0 Å². The summed E-state index contributed by atoms with van der Waals surface area (Å²) in [5, 5.41) is 0. The van der Waals surface area contributed by atoms with Gasteiger partial charge in [0.15, 0.2) is 0 Å². The number of amides is 2. The second-order valence-electron chi connectivity index (χ2n) is 8.89. The van der Waals surface area contributed by atoms with Crippen molar-refractivity contribution in [1.29, 1.82) is 0 Å². The van der Waals surface area contributed by atoms with E-state index in [1.54, 1.807) is 4.90 Å². The van der Waals surface area contributed by atoms with E-state index in [4.69, 9.17) is 4.74 Å². The van der Waals surface area contributed by atoms with Gasteiger partial charge in [-0.05, 0) is 55.5 Å². The van der Waals surface area contributed by atoms with Gasteiger partial charge in [-0.15, -0.1) is 0 Å². The van der Waals surface area contributed by atoms with Gasteiger partial charge in [0.1, 0.15) is 6.61 Å². The minimum absolute atomic E-state index is 0.0986. The van der Waals surface area contributed by atoms with Crippen molar-refractivity contribution in [2.75, 3.05) is 9.80 Å². The Labute approximate surface area is 194 Å². The fraction of sp³-hybridized carbons (Fsp3) is 0.286. The Bertz CT molecular complexity index is 1130. The number of para-hydroxylation sites is 2. The molecule has 0 spiro atoms. The lowest BCUT2D eigenvalue weighted by Gasteiger charge is -2.43. The van der Waals surface area contributed by atoms with Gasteiger partial charge in [-0.3, -0.25) is 9.69 Å². The van der Waals surface area contributed by atoms with E-state index in [2.05, 4.69) is 0 Å². The lowest BCUT2D eigenvalue weighted by Crippen LogP contribution is -2.48. The summed E-state index contributed by atoms with van der Waals surface area (Å²) in [4.78, 5) is 30.3. The van der Waals surface area contributed by atoms with Crippen LogP contribution in [-0.4, -0.2) is 18.0 Å². The summed E-state index contributed by atoms with van der Waals surface area (Å²) < 4.78 is 5.68. The molecule has 33 heavy (non-hydrogen) atoms. The Morgan fingerprint density at radius 2 is 1.55 bits per heavy atom. The summed E-state index contributed by atoms with van der Waals surface area (Å²) in [7, 11) is 0. The highest BCUT2D eigenvalue weighted by Crippen LogP contribution is 2.44. The predicted octanol–water partition coefficient (Wildman–Crippen LogP) is 6.11. The monoisotopic (exact) mass is 440 g/mol. The van der Waals surface area contributed by atoms with E-state index in [1.807, 2.05) is 96.8 Å². The highest BCUT2D eigenvalue weighted by molar-refractivity contribution is 5.98. The normalized spacial score (nSPS) is 19.5. The van der Waals surface area contributed by atoms with Crippen molar-refractivity contribution < 1.29 is 14.3 Å². The topological polar surface area (TPSA) is 49.9 Å². The van der Waals surface area contributed by atoms with E-state index in [9.17, 15) is 9.59 Å². The van der Waals surface area contributed by atoms with Gasteiger partial charge >= 0.3 is 6.09 Å². The molecule has 0 unspecified atom stereocenters. The van der Waals surface area contributed by atoms with Crippen molar-refractivity contribution in [2.45, 2.75) is 44.9 Å². The lowest BCUT2D eigenvalue weighted by atomic mass is 9.90. The van der Waals surface area contributed by atoms with E-state index < -0.39 is 0 Å². The number of anilines is 2. The molecule has 3 aromatic carbocycles. The lowest BCUT2D eigenvalue weighted by molar-refractivity contribution is -0.120. The smallest absolute Gasteiger partial charge is 0.414 e. The SMILES string of the molecule is C[C@H]1C[C@@H](N(C(=O)C2CC2)c2ccccc2)c2ccccc2N1C(=O)OCc1ccccc1. The first kappa shape index (κ1) is 21.3. The van der Waals surface area contributed by atoms with Gasteiger partial charge in [0.25, 0.3) is 0 Å². The summed E-state index contributed by atoms with van der Waals surface area (Å²) in [5.41, 5.74) is 3.64. The molecule has 1 fully saturated rings. The summed E-state index contributed by atoms with van der Waals surface area (Å²) in [5.74, 6) is 0.273. The molecule has 2 amide bonds. The fourth-order valence-electron chi connectivity index (χ4n) is 4.67. The quantitative estimate of drug-likeness (QED) is 0.481. The number of ether oxygens (including phenoxy) is 1. The maximum absolute atomic E-state index is 13.4. The summed E-state index contributed by atoms with van der Waals surface area (Å²) >= 11 is 0. The molecule has 0 aromatic heterocycles. The molecule has 1 aliphatic carbocycles.